The summed E-state index contributed by atoms with van der Waals surface area (Å²) in [7, 11) is 1.57. The van der Waals surface area contributed by atoms with Crippen LogP contribution in [0.5, 0.6) is 17.2 Å². The first-order valence-corrected chi connectivity index (χ1v) is 13.7. The molecule has 0 radical (unpaired) electrons. The summed E-state index contributed by atoms with van der Waals surface area (Å²) >= 11 is 0. The topological polar surface area (TPSA) is 119 Å². The molecule has 40 heavy (non-hydrogen) atoms. The lowest BCUT2D eigenvalue weighted by Gasteiger charge is -2.39. The van der Waals surface area contributed by atoms with E-state index in [1.807, 2.05) is 32.9 Å². The molecular formula is C29H37N5O6. The summed E-state index contributed by atoms with van der Waals surface area (Å²) in [5, 5.41) is 0. The Morgan fingerprint density at radius 2 is 1.85 bits per heavy atom. The summed E-state index contributed by atoms with van der Waals surface area (Å²) in [6.07, 6.45) is 5.14. The molecule has 5 rings (SSSR count). The summed E-state index contributed by atoms with van der Waals surface area (Å²) in [5.41, 5.74) is 2.09. The van der Waals surface area contributed by atoms with Crippen molar-refractivity contribution in [1.29, 1.82) is 0 Å². The number of aromatic amines is 1. The first kappa shape index (κ1) is 27.7. The van der Waals surface area contributed by atoms with Crippen LogP contribution in [-0.4, -0.2) is 82.4 Å². The van der Waals surface area contributed by atoms with Gasteiger partial charge in [-0.05, 0) is 46.1 Å². The monoisotopic (exact) mass is 551 g/mol. The molecule has 0 aliphatic carbocycles. The van der Waals surface area contributed by atoms with Gasteiger partial charge in [0.2, 0.25) is 0 Å². The SMILES string of the molecule is COc1cnc2cc(CCN3CCC(N(Cc4cc5c(cn4)OCCO5)C(=O)OC(C)(C)C)CC3)c(=O)[nH]c2c1. The maximum atomic E-state index is 13.3. The number of amides is 1. The molecule has 1 saturated heterocycles. The molecule has 5 heterocycles. The number of hydrogen-bond donors (Lipinski definition) is 1. The molecule has 1 fully saturated rings. The van der Waals surface area contributed by atoms with Crippen LogP contribution in [0.4, 0.5) is 4.79 Å². The van der Waals surface area contributed by atoms with Gasteiger partial charge in [-0.15, -0.1) is 0 Å². The maximum Gasteiger partial charge on any atom is 0.410 e. The van der Waals surface area contributed by atoms with E-state index in [0.29, 0.717) is 54.5 Å². The number of fused-ring (bicyclic) bond motifs is 2. The normalized spacial score (nSPS) is 16.1. The number of hydrogen-bond acceptors (Lipinski definition) is 9. The number of H-pyrrole nitrogens is 1. The molecule has 3 aromatic heterocycles. The number of nitrogens with one attached hydrogen (secondary N) is 1. The number of carbonyl (C=O) groups is 1. The summed E-state index contributed by atoms with van der Waals surface area (Å²) in [5.74, 6) is 1.87. The molecule has 214 valence electrons. The summed E-state index contributed by atoms with van der Waals surface area (Å²) in [6.45, 7) is 9.27. The lowest BCUT2D eigenvalue weighted by molar-refractivity contribution is 0.00548. The van der Waals surface area contributed by atoms with Crippen LogP contribution in [-0.2, 0) is 17.7 Å². The van der Waals surface area contributed by atoms with Gasteiger partial charge in [0.1, 0.15) is 24.6 Å². The summed E-state index contributed by atoms with van der Waals surface area (Å²) < 4.78 is 22.3. The van der Waals surface area contributed by atoms with E-state index < -0.39 is 5.60 Å². The van der Waals surface area contributed by atoms with Gasteiger partial charge in [-0.2, -0.15) is 0 Å². The van der Waals surface area contributed by atoms with Gasteiger partial charge in [0.05, 0.1) is 42.8 Å². The Morgan fingerprint density at radius 1 is 1.10 bits per heavy atom. The Balaban J connectivity index is 1.23. The van der Waals surface area contributed by atoms with Crippen LogP contribution < -0.4 is 19.8 Å². The third-order valence-corrected chi connectivity index (χ3v) is 7.12. The largest absolute Gasteiger partial charge is 0.495 e. The predicted molar refractivity (Wildman–Crippen MR) is 149 cm³/mol. The second-order valence-corrected chi connectivity index (χ2v) is 11.2. The minimum atomic E-state index is -0.608. The van der Waals surface area contributed by atoms with Gasteiger partial charge in [0, 0.05) is 43.4 Å². The molecule has 3 aromatic rings. The molecule has 11 nitrogen and oxygen atoms in total. The number of rotatable bonds is 7. The predicted octanol–water partition coefficient (Wildman–Crippen LogP) is 3.54. The number of piperidine rings is 1. The van der Waals surface area contributed by atoms with Crippen LogP contribution in [0.25, 0.3) is 11.0 Å². The number of pyridine rings is 3. The van der Waals surface area contributed by atoms with E-state index in [9.17, 15) is 9.59 Å². The number of nitrogens with zero attached hydrogens (tertiary/aromatic N) is 4. The molecule has 0 atom stereocenters. The Kier molecular flexibility index (Phi) is 8.11. The quantitative estimate of drug-likeness (QED) is 0.470. The third-order valence-electron chi connectivity index (χ3n) is 7.12. The van der Waals surface area contributed by atoms with Gasteiger partial charge in [-0.25, -0.2) is 4.79 Å². The lowest BCUT2D eigenvalue weighted by Crippen LogP contribution is -2.49. The molecular weight excluding hydrogens is 514 g/mol. The van der Waals surface area contributed by atoms with E-state index in [4.69, 9.17) is 18.9 Å². The van der Waals surface area contributed by atoms with Crippen LogP contribution in [0.3, 0.4) is 0 Å². The molecule has 0 saturated carbocycles. The molecule has 2 aliphatic heterocycles. The van der Waals surface area contributed by atoms with Crippen molar-refractivity contribution in [2.45, 2.75) is 58.2 Å². The average molecular weight is 552 g/mol. The van der Waals surface area contributed by atoms with Crippen molar-refractivity contribution in [1.82, 2.24) is 24.8 Å². The van der Waals surface area contributed by atoms with Crippen molar-refractivity contribution in [2.24, 2.45) is 0 Å². The highest BCUT2D eigenvalue weighted by molar-refractivity contribution is 5.75. The van der Waals surface area contributed by atoms with E-state index >= 15 is 0 Å². The van der Waals surface area contributed by atoms with E-state index in [0.717, 1.165) is 43.7 Å². The van der Waals surface area contributed by atoms with Gasteiger partial charge in [-0.1, -0.05) is 0 Å². The fraction of sp³-hybridized carbons (Fsp3) is 0.517. The molecule has 1 amide bonds. The highest BCUT2D eigenvalue weighted by atomic mass is 16.6. The third kappa shape index (κ3) is 6.64. The minimum Gasteiger partial charge on any atom is -0.495 e. The first-order chi connectivity index (χ1) is 19.2. The Labute approximate surface area is 233 Å². The highest BCUT2D eigenvalue weighted by Gasteiger charge is 2.32. The number of likely N-dealkylation sites (tertiary alicyclic amines) is 1. The van der Waals surface area contributed by atoms with Crippen molar-refractivity contribution in [3.8, 4) is 17.2 Å². The average Bonchev–Trinajstić information content (AvgIpc) is 2.94. The van der Waals surface area contributed by atoms with Crippen LogP contribution in [0.1, 0.15) is 44.9 Å². The van der Waals surface area contributed by atoms with Gasteiger partial charge in [0.15, 0.2) is 11.5 Å². The standard InChI is InChI=1S/C29H37N5O6/c1-29(2,3)40-28(36)34(18-20-14-25-26(17-30-20)39-12-11-38-25)21-6-9-33(10-7-21)8-5-19-13-23-24(32-27(19)35)15-22(37-4)16-31-23/h13-17,21H,5-12,18H2,1-4H3,(H,32,35). The zero-order valence-corrected chi connectivity index (χ0v) is 23.6. The van der Waals surface area contributed by atoms with Crippen LogP contribution in [0.2, 0.25) is 0 Å². The van der Waals surface area contributed by atoms with Crippen molar-refractivity contribution < 1.29 is 23.7 Å². The number of carbonyl (C=O) groups excluding carboxylic acids is 1. The smallest absolute Gasteiger partial charge is 0.410 e. The second-order valence-electron chi connectivity index (χ2n) is 11.2. The van der Waals surface area contributed by atoms with Crippen LogP contribution in [0.15, 0.2) is 35.4 Å². The number of aromatic nitrogens is 3. The molecule has 0 unspecified atom stereocenters. The van der Waals surface area contributed by atoms with Crippen molar-refractivity contribution >= 4 is 17.1 Å². The van der Waals surface area contributed by atoms with Gasteiger partial charge >= 0.3 is 6.09 Å². The lowest BCUT2D eigenvalue weighted by atomic mass is 10.0. The highest BCUT2D eigenvalue weighted by Crippen LogP contribution is 2.30. The molecule has 0 spiro atoms. The van der Waals surface area contributed by atoms with Crippen molar-refractivity contribution in [3.63, 3.8) is 0 Å². The zero-order valence-electron chi connectivity index (χ0n) is 23.6. The van der Waals surface area contributed by atoms with E-state index in [-0.39, 0.29) is 17.7 Å². The van der Waals surface area contributed by atoms with E-state index in [1.54, 1.807) is 30.5 Å². The fourth-order valence-electron chi connectivity index (χ4n) is 5.05. The number of methoxy groups -OCH3 is 1. The Bertz CT molecular complexity index is 1410. The maximum absolute atomic E-state index is 13.3. The molecule has 2 aliphatic rings. The van der Waals surface area contributed by atoms with E-state index in [2.05, 4.69) is 19.9 Å². The van der Waals surface area contributed by atoms with E-state index in [1.165, 1.54) is 0 Å². The van der Waals surface area contributed by atoms with Gasteiger partial charge < -0.3 is 28.8 Å². The molecule has 11 heteroatoms. The minimum absolute atomic E-state index is 0.00403. The molecule has 0 bridgehead atoms. The molecule has 1 N–H and O–H groups in total. The van der Waals surface area contributed by atoms with Gasteiger partial charge in [-0.3, -0.25) is 19.7 Å². The fourth-order valence-corrected chi connectivity index (χ4v) is 5.05. The Hall–Kier alpha value is -3.86. The number of ether oxygens (including phenoxy) is 4. The second kappa shape index (κ2) is 11.7. The van der Waals surface area contributed by atoms with Crippen molar-refractivity contribution in [3.05, 3.63) is 52.2 Å². The summed E-state index contributed by atoms with van der Waals surface area (Å²) in [6, 6.07) is 5.47. The first-order valence-electron chi connectivity index (χ1n) is 13.7. The molecule has 0 aromatic carbocycles. The zero-order chi connectivity index (χ0) is 28.3. The van der Waals surface area contributed by atoms with Gasteiger partial charge in [0.25, 0.3) is 5.56 Å². The summed E-state index contributed by atoms with van der Waals surface area (Å²) in [4.78, 5) is 41.9. The van der Waals surface area contributed by atoms with Crippen LogP contribution >= 0.6 is 0 Å². The van der Waals surface area contributed by atoms with Crippen molar-refractivity contribution in [2.75, 3.05) is 40.0 Å². The Morgan fingerprint density at radius 3 is 2.58 bits per heavy atom. The van der Waals surface area contributed by atoms with Crippen LogP contribution in [0, 0.1) is 0 Å².